The lowest BCUT2D eigenvalue weighted by Crippen LogP contribution is -2.36. The van der Waals surface area contributed by atoms with Crippen molar-refractivity contribution < 1.29 is 19.1 Å². The van der Waals surface area contributed by atoms with Crippen molar-refractivity contribution >= 4 is 23.5 Å². The minimum Gasteiger partial charge on any atom is -0.451 e. The van der Waals surface area contributed by atoms with Crippen molar-refractivity contribution in [2.24, 2.45) is 0 Å². The maximum absolute atomic E-state index is 12.2. The van der Waals surface area contributed by atoms with Crippen molar-refractivity contribution in [1.29, 1.82) is 0 Å². The quantitative estimate of drug-likeness (QED) is 0.731. The van der Waals surface area contributed by atoms with Crippen molar-refractivity contribution in [2.75, 3.05) is 11.9 Å². The third-order valence-electron chi connectivity index (χ3n) is 4.49. The lowest BCUT2D eigenvalue weighted by Gasteiger charge is -2.19. The Bertz CT molecular complexity index is 882. The van der Waals surface area contributed by atoms with E-state index in [4.69, 9.17) is 4.74 Å². The van der Waals surface area contributed by atoms with Crippen LogP contribution in [0.1, 0.15) is 49.2 Å². The third-order valence-corrected chi connectivity index (χ3v) is 4.49. The van der Waals surface area contributed by atoms with E-state index in [-0.39, 0.29) is 17.9 Å². The highest BCUT2D eigenvalue weighted by molar-refractivity contribution is 5.97. The van der Waals surface area contributed by atoms with Crippen LogP contribution in [0.4, 0.5) is 5.69 Å². The van der Waals surface area contributed by atoms with Gasteiger partial charge in [0, 0.05) is 11.3 Å². The first-order valence-electron chi connectivity index (χ1n) is 9.52. The fourth-order valence-corrected chi connectivity index (χ4v) is 2.62. The summed E-state index contributed by atoms with van der Waals surface area (Å²) in [5, 5.41) is 5.23. The highest BCUT2D eigenvalue weighted by Crippen LogP contribution is 2.22. The van der Waals surface area contributed by atoms with Gasteiger partial charge in [0.25, 0.3) is 11.8 Å². The second-order valence-corrected chi connectivity index (χ2v) is 7.95. The number of amides is 2. The molecule has 0 bridgehead atoms. The van der Waals surface area contributed by atoms with Crippen molar-refractivity contribution in [3.8, 4) is 0 Å². The van der Waals surface area contributed by atoms with Gasteiger partial charge in [-0.1, -0.05) is 51.1 Å². The van der Waals surface area contributed by atoms with Crippen LogP contribution in [0.5, 0.6) is 0 Å². The van der Waals surface area contributed by atoms with Crippen LogP contribution in [0.3, 0.4) is 0 Å². The van der Waals surface area contributed by atoms with E-state index in [1.54, 1.807) is 18.2 Å². The number of anilines is 1. The van der Waals surface area contributed by atoms with Gasteiger partial charge in [-0.05, 0) is 48.6 Å². The normalized spacial score (nSPS) is 12.0. The topological polar surface area (TPSA) is 84.5 Å². The predicted octanol–water partition coefficient (Wildman–Crippen LogP) is 3.59. The third kappa shape index (κ3) is 6.45. The van der Waals surface area contributed by atoms with Crippen molar-refractivity contribution in [1.82, 2.24) is 5.32 Å². The Morgan fingerprint density at radius 1 is 1.00 bits per heavy atom. The molecule has 29 heavy (non-hydrogen) atoms. The molecule has 0 aliphatic heterocycles. The van der Waals surface area contributed by atoms with Crippen molar-refractivity contribution in [3.05, 3.63) is 65.2 Å². The summed E-state index contributed by atoms with van der Waals surface area (Å²) in [7, 11) is 0. The molecule has 0 saturated carbocycles. The molecule has 2 aromatic rings. The van der Waals surface area contributed by atoms with Crippen LogP contribution in [0.15, 0.2) is 48.5 Å². The first-order valence-corrected chi connectivity index (χ1v) is 9.52. The molecule has 0 fully saturated rings. The van der Waals surface area contributed by atoms with Gasteiger partial charge in [-0.25, -0.2) is 0 Å². The van der Waals surface area contributed by atoms with Crippen LogP contribution < -0.4 is 10.6 Å². The van der Waals surface area contributed by atoms with Crippen LogP contribution >= 0.6 is 0 Å². The van der Waals surface area contributed by atoms with Gasteiger partial charge in [-0.15, -0.1) is 0 Å². The summed E-state index contributed by atoms with van der Waals surface area (Å²) in [6.07, 6.45) is -0.981. The molecule has 2 N–H and O–H groups in total. The number of rotatable bonds is 6. The number of esters is 1. The van der Waals surface area contributed by atoms with Gasteiger partial charge in [0.1, 0.15) is 6.54 Å². The molecule has 0 radical (unpaired) electrons. The van der Waals surface area contributed by atoms with Gasteiger partial charge in [0.05, 0.1) is 0 Å². The number of benzene rings is 2. The Morgan fingerprint density at radius 3 is 2.21 bits per heavy atom. The standard InChI is InChI=1S/C23H28N2O4/c1-15-8-6-7-9-19(15)25-21(27)16(2)29-20(26)14-24-22(28)17-10-12-18(13-11-17)23(3,4)5/h6-13,16H,14H2,1-5H3,(H,24,28)(H,25,27)/t16-/m0/s1. The average Bonchev–Trinajstić information content (AvgIpc) is 2.67. The zero-order valence-electron chi connectivity index (χ0n) is 17.5. The molecule has 0 heterocycles. The monoisotopic (exact) mass is 396 g/mol. The molecule has 0 aliphatic rings. The number of carbonyl (C=O) groups is 3. The van der Waals surface area contributed by atoms with Gasteiger partial charge in [0.15, 0.2) is 6.10 Å². The number of ether oxygens (including phenoxy) is 1. The lowest BCUT2D eigenvalue weighted by atomic mass is 9.87. The molecule has 0 aromatic heterocycles. The van der Waals surface area contributed by atoms with E-state index in [0.29, 0.717) is 11.3 Å². The number of carbonyl (C=O) groups excluding carboxylic acids is 3. The van der Waals surface area contributed by atoms with Crippen LogP contribution in [0.25, 0.3) is 0 Å². The Balaban J connectivity index is 1.83. The van der Waals surface area contributed by atoms with Crippen LogP contribution in [-0.2, 0) is 19.7 Å². The highest BCUT2D eigenvalue weighted by atomic mass is 16.5. The van der Waals surface area contributed by atoms with Gasteiger partial charge >= 0.3 is 5.97 Å². The predicted molar refractivity (Wildman–Crippen MR) is 113 cm³/mol. The van der Waals surface area contributed by atoms with Gasteiger partial charge in [-0.3, -0.25) is 14.4 Å². The van der Waals surface area contributed by atoms with Gasteiger partial charge < -0.3 is 15.4 Å². The van der Waals surface area contributed by atoms with E-state index in [1.807, 2.05) is 37.3 Å². The van der Waals surface area contributed by atoms with Crippen molar-refractivity contribution in [2.45, 2.75) is 46.1 Å². The molecule has 2 aromatic carbocycles. The number of nitrogens with one attached hydrogen (secondary N) is 2. The number of para-hydroxylation sites is 1. The summed E-state index contributed by atoms with van der Waals surface area (Å²) < 4.78 is 5.11. The molecule has 2 amide bonds. The highest BCUT2D eigenvalue weighted by Gasteiger charge is 2.19. The summed E-state index contributed by atoms with van der Waals surface area (Å²) in [5.74, 6) is -1.49. The Labute approximate surface area is 171 Å². The SMILES string of the molecule is Cc1ccccc1NC(=O)[C@H](C)OC(=O)CNC(=O)c1ccc(C(C)(C)C)cc1. The van der Waals surface area contributed by atoms with Crippen LogP contribution in [0, 0.1) is 6.92 Å². The summed E-state index contributed by atoms with van der Waals surface area (Å²) in [6.45, 7) is 9.31. The Hall–Kier alpha value is -3.15. The average molecular weight is 396 g/mol. The van der Waals surface area contributed by atoms with E-state index in [1.165, 1.54) is 6.92 Å². The zero-order chi connectivity index (χ0) is 21.6. The summed E-state index contributed by atoms with van der Waals surface area (Å²) in [6, 6.07) is 14.6. The number of aryl methyl sites for hydroxylation is 1. The first-order chi connectivity index (χ1) is 13.6. The van der Waals surface area contributed by atoms with Gasteiger partial charge in [0.2, 0.25) is 0 Å². The van der Waals surface area contributed by atoms with E-state index < -0.39 is 18.0 Å². The smallest absolute Gasteiger partial charge is 0.326 e. The lowest BCUT2D eigenvalue weighted by molar-refractivity contribution is -0.152. The molecule has 0 saturated heterocycles. The molecule has 2 rings (SSSR count). The molecule has 154 valence electrons. The molecular weight excluding hydrogens is 368 g/mol. The summed E-state index contributed by atoms with van der Waals surface area (Å²) in [4.78, 5) is 36.4. The molecule has 0 aliphatic carbocycles. The molecule has 0 spiro atoms. The van der Waals surface area contributed by atoms with Gasteiger partial charge in [-0.2, -0.15) is 0 Å². The summed E-state index contributed by atoms with van der Waals surface area (Å²) in [5.41, 5.74) is 3.13. The Kier molecular flexibility index (Phi) is 7.15. The maximum Gasteiger partial charge on any atom is 0.326 e. The summed E-state index contributed by atoms with van der Waals surface area (Å²) >= 11 is 0. The molecular formula is C23H28N2O4. The van der Waals surface area contributed by atoms with Crippen LogP contribution in [0.2, 0.25) is 0 Å². The molecule has 6 heteroatoms. The van der Waals surface area contributed by atoms with Crippen molar-refractivity contribution in [3.63, 3.8) is 0 Å². The molecule has 0 unspecified atom stereocenters. The van der Waals surface area contributed by atoms with E-state index >= 15 is 0 Å². The minimum absolute atomic E-state index is 0.00614. The molecule has 1 atom stereocenters. The number of hydrogen-bond acceptors (Lipinski definition) is 4. The fraction of sp³-hybridized carbons (Fsp3) is 0.348. The van der Waals surface area contributed by atoms with E-state index in [9.17, 15) is 14.4 Å². The zero-order valence-corrected chi connectivity index (χ0v) is 17.5. The Morgan fingerprint density at radius 2 is 1.62 bits per heavy atom. The van der Waals surface area contributed by atoms with E-state index in [2.05, 4.69) is 31.4 Å². The largest absolute Gasteiger partial charge is 0.451 e. The second-order valence-electron chi connectivity index (χ2n) is 7.95. The molecule has 6 nitrogen and oxygen atoms in total. The van der Waals surface area contributed by atoms with E-state index in [0.717, 1.165) is 11.1 Å². The first kappa shape index (κ1) is 22.1. The van der Waals surface area contributed by atoms with Crippen LogP contribution in [-0.4, -0.2) is 30.4 Å². The maximum atomic E-state index is 12.2. The minimum atomic E-state index is -0.981. The fourth-order valence-electron chi connectivity index (χ4n) is 2.62. The second kappa shape index (κ2) is 9.37. The number of hydrogen-bond donors (Lipinski definition) is 2.